The molecule has 0 aliphatic rings. The fraction of sp³-hybridized carbons (Fsp3) is 0.529. The summed E-state index contributed by atoms with van der Waals surface area (Å²) >= 11 is 0. The second-order valence-electron chi connectivity index (χ2n) is 5.15. The third-order valence-electron chi connectivity index (χ3n) is 2.93. The molecule has 0 heterocycles. The van der Waals surface area contributed by atoms with Crippen molar-refractivity contribution in [1.29, 1.82) is 0 Å². The molecular formula is C17H24O6. The third kappa shape index (κ3) is 4.87. The van der Waals surface area contributed by atoms with Crippen molar-refractivity contribution in [2.75, 3.05) is 19.8 Å². The van der Waals surface area contributed by atoms with Gasteiger partial charge in [-0.05, 0) is 40.7 Å². The number of rotatable bonds is 9. The number of ether oxygens (including phenoxy) is 4. The van der Waals surface area contributed by atoms with Crippen molar-refractivity contribution >= 4 is 12.3 Å². The van der Waals surface area contributed by atoms with Crippen LogP contribution in [0.2, 0.25) is 0 Å². The zero-order valence-electron chi connectivity index (χ0n) is 14.3. The molecule has 0 radical (unpaired) electrons. The lowest BCUT2D eigenvalue weighted by molar-refractivity contribution is -0.158. The van der Waals surface area contributed by atoms with Crippen LogP contribution in [0, 0.1) is 0 Å². The Morgan fingerprint density at radius 3 is 2.04 bits per heavy atom. The van der Waals surface area contributed by atoms with Crippen molar-refractivity contribution in [1.82, 2.24) is 0 Å². The number of benzene rings is 1. The monoisotopic (exact) mass is 324 g/mol. The lowest BCUT2D eigenvalue weighted by atomic mass is 10.1. The molecule has 0 aliphatic heterocycles. The van der Waals surface area contributed by atoms with E-state index in [1.54, 1.807) is 26.8 Å². The Morgan fingerprint density at radius 1 is 1.00 bits per heavy atom. The fourth-order valence-electron chi connectivity index (χ4n) is 1.90. The minimum absolute atomic E-state index is 0.241. The highest BCUT2D eigenvalue weighted by atomic mass is 16.6. The Hall–Kier alpha value is -2.24. The van der Waals surface area contributed by atoms with Gasteiger partial charge in [0.25, 0.3) is 0 Å². The molecule has 0 bridgehead atoms. The normalized spacial score (nSPS) is 10.8. The van der Waals surface area contributed by atoms with E-state index in [-0.39, 0.29) is 17.9 Å². The van der Waals surface area contributed by atoms with Gasteiger partial charge < -0.3 is 18.9 Å². The first kappa shape index (κ1) is 18.8. The lowest BCUT2D eigenvalue weighted by Crippen LogP contribution is -2.40. The molecule has 0 atom stereocenters. The smallest absolute Gasteiger partial charge is 0.349 e. The van der Waals surface area contributed by atoms with Gasteiger partial charge in [-0.15, -0.1) is 0 Å². The quantitative estimate of drug-likeness (QED) is 0.513. The van der Waals surface area contributed by atoms with Gasteiger partial charge in [-0.25, -0.2) is 4.79 Å². The number of hydrogen-bond donors (Lipinski definition) is 0. The summed E-state index contributed by atoms with van der Waals surface area (Å²) in [5.41, 5.74) is -0.959. The second kappa shape index (κ2) is 8.41. The summed E-state index contributed by atoms with van der Waals surface area (Å²) in [6.07, 6.45) is 0.648. The fourth-order valence-corrected chi connectivity index (χ4v) is 1.90. The van der Waals surface area contributed by atoms with Crippen LogP contribution in [0.4, 0.5) is 0 Å². The highest BCUT2D eigenvalue weighted by Gasteiger charge is 2.32. The van der Waals surface area contributed by atoms with E-state index in [0.29, 0.717) is 31.0 Å². The van der Waals surface area contributed by atoms with Gasteiger partial charge in [0.2, 0.25) is 0 Å². The first-order valence-electron chi connectivity index (χ1n) is 7.64. The standard InChI is InChI=1S/C17H24O6/c1-6-20-14-9-12(11-18)13(10-15(14)21-7-2)23-17(4,5)16(19)22-8-3/h9-11H,6-8H2,1-5H3. The molecule has 0 aromatic heterocycles. The molecule has 0 spiro atoms. The number of carbonyl (C=O) groups excluding carboxylic acids is 2. The second-order valence-corrected chi connectivity index (χ2v) is 5.15. The van der Waals surface area contributed by atoms with Crippen LogP contribution >= 0.6 is 0 Å². The largest absolute Gasteiger partial charge is 0.490 e. The maximum Gasteiger partial charge on any atom is 0.349 e. The molecular weight excluding hydrogens is 300 g/mol. The molecule has 23 heavy (non-hydrogen) atoms. The zero-order valence-corrected chi connectivity index (χ0v) is 14.3. The van der Waals surface area contributed by atoms with Crippen molar-refractivity contribution in [3.8, 4) is 17.2 Å². The van der Waals surface area contributed by atoms with Crippen molar-refractivity contribution in [3.05, 3.63) is 17.7 Å². The maximum atomic E-state index is 12.0. The molecule has 0 fully saturated rings. The summed E-state index contributed by atoms with van der Waals surface area (Å²) < 4.78 is 21.7. The van der Waals surface area contributed by atoms with Crippen LogP contribution in [0.25, 0.3) is 0 Å². The summed E-state index contributed by atoms with van der Waals surface area (Å²) in [5.74, 6) is 0.640. The van der Waals surface area contributed by atoms with Crippen molar-refractivity contribution in [2.24, 2.45) is 0 Å². The van der Waals surface area contributed by atoms with Crippen molar-refractivity contribution in [3.63, 3.8) is 0 Å². The molecule has 6 heteroatoms. The first-order chi connectivity index (χ1) is 10.9. The van der Waals surface area contributed by atoms with Gasteiger partial charge in [0, 0.05) is 6.07 Å². The predicted octanol–water partition coefficient (Wildman–Crippen LogP) is 3.02. The number of carbonyl (C=O) groups is 2. The Bertz CT molecular complexity index is 550. The Kier molecular flexibility index (Phi) is 6.88. The minimum atomic E-state index is -1.23. The summed E-state index contributed by atoms with van der Waals surface area (Å²) in [4.78, 5) is 23.3. The van der Waals surface area contributed by atoms with Gasteiger partial charge >= 0.3 is 5.97 Å². The highest BCUT2D eigenvalue weighted by molar-refractivity contribution is 5.83. The minimum Gasteiger partial charge on any atom is -0.490 e. The predicted molar refractivity (Wildman–Crippen MR) is 85.5 cm³/mol. The van der Waals surface area contributed by atoms with Crippen LogP contribution in [0.1, 0.15) is 45.0 Å². The van der Waals surface area contributed by atoms with Gasteiger partial charge in [0.15, 0.2) is 23.4 Å². The van der Waals surface area contributed by atoms with E-state index in [1.165, 1.54) is 6.07 Å². The Morgan fingerprint density at radius 2 is 1.57 bits per heavy atom. The molecule has 0 saturated heterocycles. The molecule has 0 amide bonds. The average molecular weight is 324 g/mol. The van der Waals surface area contributed by atoms with E-state index in [2.05, 4.69) is 0 Å². The van der Waals surface area contributed by atoms with Gasteiger partial charge in [-0.3, -0.25) is 4.79 Å². The number of esters is 1. The Labute approximate surface area is 136 Å². The molecule has 1 aromatic carbocycles. The molecule has 1 aromatic rings. The molecule has 0 N–H and O–H groups in total. The summed E-state index contributed by atoms with van der Waals surface area (Å²) in [5, 5.41) is 0. The van der Waals surface area contributed by atoms with Crippen LogP contribution in [-0.4, -0.2) is 37.7 Å². The molecule has 6 nitrogen and oxygen atoms in total. The van der Waals surface area contributed by atoms with E-state index < -0.39 is 11.6 Å². The van der Waals surface area contributed by atoms with Crippen LogP contribution in [0.5, 0.6) is 17.2 Å². The van der Waals surface area contributed by atoms with Crippen LogP contribution < -0.4 is 14.2 Å². The zero-order chi connectivity index (χ0) is 17.5. The summed E-state index contributed by atoms with van der Waals surface area (Å²) in [6.45, 7) is 9.67. The lowest BCUT2D eigenvalue weighted by Gasteiger charge is -2.25. The summed E-state index contributed by atoms with van der Waals surface area (Å²) in [7, 11) is 0. The van der Waals surface area contributed by atoms with E-state index >= 15 is 0 Å². The average Bonchev–Trinajstić information content (AvgIpc) is 2.50. The number of hydrogen-bond acceptors (Lipinski definition) is 6. The summed E-state index contributed by atoms with van der Waals surface area (Å²) in [6, 6.07) is 3.09. The van der Waals surface area contributed by atoms with E-state index in [4.69, 9.17) is 18.9 Å². The molecule has 128 valence electrons. The van der Waals surface area contributed by atoms with Crippen molar-refractivity contribution < 1.29 is 28.5 Å². The van der Waals surface area contributed by atoms with Gasteiger partial charge in [-0.1, -0.05) is 0 Å². The molecule has 0 unspecified atom stereocenters. The topological polar surface area (TPSA) is 71.1 Å². The maximum absolute atomic E-state index is 12.0. The Balaban J connectivity index is 3.21. The van der Waals surface area contributed by atoms with Crippen molar-refractivity contribution in [2.45, 2.75) is 40.2 Å². The first-order valence-corrected chi connectivity index (χ1v) is 7.64. The van der Waals surface area contributed by atoms with Crippen LogP contribution in [-0.2, 0) is 9.53 Å². The van der Waals surface area contributed by atoms with E-state index in [1.807, 2.05) is 13.8 Å². The van der Waals surface area contributed by atoms with Crippen LogP contribution in [0.15, 0.2) is 12.1 Å². The van der Waals surface area contributed by atoms with E-state index in [9.17, 15) is 9.59 Å². The molecule has 0 saturated carbocycles. The SMILES string of the molecule is CCOC(=O)C(C)(C)Oc1cc(OCC)c(OCC)cc1C=O. The molecule has 0 aliphatic carbocycles. The number of aldehydes is 1. The highest BCUT2D eigenvalue weighted by Crippen LogP contribution is 2.36. The van der Waals surface area contributed by atoms with Crippen LogP contribution in [0.3, 0.4) is 0 Å². The van der Waals surface area contributed by atoms with Gasteiger partial charge in [0.1, 0.15) is 5.75 Å². The molecule has 1 rings (SSSR count). The van der Waals surface area contributed by atoms with Gasteiger partial charge in [0.05, 0.1) is 25.4 Å². The van der Waals surface area contributed by atoms with E-state index in [0.717, 1.165) is 0 Å². The van der Waals surface area contributed by atoms with Gasteiger partial charge in [-0.2, -0.15) is 0 Å². The third-order valence-corrected chi connectivity index (χ3v) is 2.93.